The Morgan fingerprint density at radius 3 is 3.06 bits per heavy atom. The van der Waals surface area contributed by atoms with Crippen LogP contribution < -0.4 is 0 Å². The highest BCUT2D eigenvalue weighted by Gasteiger charge is 2.06. The van der Waals surface area contributed by atoms with Gasteiger partial charge in [-0.1, -0.05) is 6.07 Å². The summed E-state index contributed by atoms with van der Waals surface area (Å²) >= 11 is 0. The number of imidazole rings is 1. The van der Waals surface area contributed by atoms with Crippen LogP contribution in [-0.2, 0) is 23.0 Å². The Bertz CT molecular complexity index is 517. The maximum absolute atomic E-state index is 11.3. The highest BCUT2D eigenvalue weighted by molar-refractivity contribution is 5.79. The Labute approximate surface area is 93.9 Å². The zero-order valence-corrected chi connectivity index (χ0v) is 9.43. The summed E-state index contributed by atoms with van der Waals surface area (Å²) in [5.41, 5.74) is 2.90. The SMILES string of the molecule is CCOC(=O)Cc1ccc2c(c1)ncn2C. The van der Waals surface area contributed by atoms with E-state index in [2.05, 4.69) is 4.98 Å². The zero-order valence-electron chi connectivity index (χ0n) is 9.43. The molecule has 0 bridgehead atoms. The predicted molar refractivity (Wildman–Crippen MR) is 61.1 cm³/mol. The smallest absolute Gasteiger partial charge is 0.310 e. The maximum atomic E-state index is 11.3. The summed E-state index contributed by atoms with van der Waals surface area (Å²) in [6.07, 6.45) is 2.07. The number of fused-ring (bicyclic) bond motifs is 1. The molecule has 2 aromatic rings. The van der Waals surface area contributed by atoms with Crippen LogP contribution in [-0.4, -0.2) is 22.1 Å². The Morgan fingerprint density at radius 1 is 1.50 bits per heavy atom. The monoisotopic (exact) mass is 218 g/mol. The van der Waals surface area contributed by atoms with Crippen LogP contribution in [0.25, 0.3) is 11.0 Å². The molecule has 0 aliphatic carbocycles. The van der Waals surface area contributed by atoms with E-state index in [-0.39, 0.29) is 5.97 Å². The summed E-state index contributed by atoms with van der Waals surface area (Å²) in [5, 5.41) is 0. The van der Waals surface area contributed by atoms with Crippen LogP contribution in [0.1, 0.15) is 12.5 Å². The van der Waals surface area contributed by atoms with Gasteiger partial charge in [-0.05, 0) is 24.6 Å². The van der Waals surface area contributed by atoms with E-state index < -0.39 is 0 Å². The number of hydrogen-bond donors (Lipinski definition) is 0. The highest BCUT2D eigenvalue weighted by atomic mass is 16.5. The number of hydrogen-bond acceptors (Lipinski definition) is 3. The van der Waals surface area contributed by atoms with E-state index >= 15 is 0 Å². The van der Waals surface area contributed by atoms with Crippen LogP contribution in [0.2, 0.25) is 0 Å². The lowest BCUT2D eigenvalue weighted by molar-refractivity contribution is -0.142. The predicted octanol–water partition coefficient (Wildman–Crippen LogP) is 1.68. The van der Waals surface area contributed by atoms with Gasteiger partial charge in [0, 0.05) is 7.05 Å². The quantitative estimate of drug-likeness (QED) is 0.736. The number of benzene rings is 1. The first kappa shape index (κ1) is 10.7. The van der Waals surface area contributed by atoms with Gasteiger partial charge in [-0.25, -0.2) is 4.98 Å². The Hall–Kier alpha value is -1.84. The summed E-state index contributed by atoms with van der Waals surface area (Å²) in [7, 11) is 1.94. The lowest BCUT2D eigenvalue weighted by Crippen LogP contribution is -2.07. The lowest BCUT2D eigenvalue weighted by Gasteiger charge is -2.02. The molecule has 0 aliphatic rings. The molecule has 0 aliphatic heterocycles. The first-order valence-corrected chi connectivity index (χ1v) is 5.26. The van der Waals surface area contributed by atoms with Crippen molar-refractivity contribution >= 4 is 17.0 Å². The fourth-order valence-electron chi connectivity index (χ4n) is 1.67. The van der Waals surface area contributed by atoms with Gasteiger partial charge in [0.1, 0.15) is 0 Å². The number of rotatable bonds is 3. The average Bonchev–Trinajstić information content (AvgIpc) is 2.60. The number of aryl methyl sites for hydroxylation is 1. The summed E-state index contributed by atoms with van der Waals surface area (Å²) in [6.45, 7) is 2.23. The van der Waals surface area contributed by atoms with Crippen molar-refractivity contribution in [1.29, 1.82) is 0 Å². The molecule has 84 valence electrons. The molecular formula is C12H14N2O2. The number of nitrogens with zero attached hydrogens (tertiary/aromatic N) is 2. The number of esters is 1. The molecule has 0 saturated heterocycles. The van der Waals surface area contributed by atoms with E-state index in [1.54, 1.807) is 13.3 Å². The third kappa shape index (κ3) is 2.05. The fraction of sp³-hybridized carbons (Fsp3) is 0.333. The number of carbonyl (C=O) groups excluding carboxylic acids is 1. The molecule has 0 saturated carbocycles. The van der Waals surface area contributed by atoms with E-state index in [0.717, 1.165) is 16.6 Å². The molecular weight excluding hydrogens is 204 g/mol. The van der Waals surface area contributed by atoms with Crippen LogP contribution in [0, 0.1) is 0 Å². The van der Waals surface area contributed by atoms with Crippen molar-refractivity contribution in [3.05, 3.63) is 30.1 Å². The minimum atomic E-state index is -0.196. The molecule has 0 N–H and O–H groups in total. The second kappa shape index (κ2) is 4.35. The fourth-order valence-corrected chi connectivity index (χ4v) is 1.67. The van der Waals surface area contributed by atoms with E-state index in [1.807, 2.05) is 29.8 Å². The maximum Gasteiger partial charge on any atom is 0.310 e. The average molecular weight is 218 g/mol. The van der Waals surface area contributed by atoms with E-state index in [0.29, 0.717) is 13.0 Å². The molecule has 2 rings (SSSR count). The van der Waals surface area contributed by atoms with Crippen molar-refractivity contribution in [2.24, 2.45) is 7.05 Å². The van der Waals surface area contributed by atoms with Gasteiger partial charge in [0.05, 0.1) is 30.4 Å². The Balaban J connectivity index is 2.23. The van der Waals surface area contributed by atoms with Crippen molar-refractivity contribution in [3.63, 3.8) is 0 Å². The molecule has 1 heterocycles. The molecule has 0 spiro atoms. The standard InChI is InChI=1S/C12H14N2O2/c1-3-16-12(15)7-9-4-5-11-10(6-9)13-8-14(11)2/h4-6,8H,3,7H2,1-2H3. The van der Waals surface area contributed by atoms with Crippen molar-refractivity contribution in [2.45, 2.75) is 13.3 Å². The molecule has 0 atom stereocenters. The second-order valence-electron chi connectivity index (χ2n) is 3.66. The second-order valence-corrected chi connectivity index (χ2v) is 3.66. The lowest BCUT2D eigenvalue weighted by atomic mass is 10.1. The van der Waals surface area contributed by atoms with Crippen LogP contribution in [0.3, 0.4) is 0 Å². The van der Waals surface area contributed by atoms with Gasteiger partial charge in [-0.2, -0.15) is 0 Å². The molecule has 16 heavy (non-hydrogen) atoms. The molecule has 0 fully saturated rings. The van der Waals surface area contributed by atoms with E-state index in [1.165, 1.54) is 0 Å². The minimum absolute atomic E-state index is 0.196. The third-order valence-electron chi connectivity index (χ3n) is 2.44. The molecule has 1 aromatic carbocycles. The van der Waals surface area contributed by atoms with Crippen LogP contribution >= 0.6 is 0 Å². The van der Waals surface area contributed by atoms with Gasteiger partial charge in [0.15, 0.2) is 0 Å². The Morgan fingerprint density at radius 2 is 2.31 bits per heavy atom. The van der Waals surface area contributed by atoms with Crippen molar-refractivity contribution in [2.75, 3.05) is 6.61 Å². The third-order valence-corrected chi connectivity index (χ3v) is 2.44. The van der Waals surface area contributed by atoms with Crippen molar-refractivity contribution in [3.8, 4) is 0 Å². The summed E-state index contributed by atoms with van der Waals surface area (Å²) < 4.78 is 6.85. The summed E-state index contributed by atoms with van der Waals surface area (Å²) in [6, 6.07) is 5.82. The van der Waals surface area contributed by atoms with E-state index in [9.17, 15) is 4.79 Å². The van der Waals surface area contributed by atoms with Gasteiger partial charge in [-0.15, -0.1) is 0 Å². The minimum Gasteiger partial charge on any atom is -0.466 e. The largest absolute Gasteiger partial charge is 0.466 e. The van der Waals surface area contributed by atoms with Crippen LogP contribution in [0.5, 0.6) is 0 Å². The molecule has 0 amide bonds. The Kier molecular flexibility index (Phi) is 2.90. The normalized spacial score (nSPS) is 10.6. The van der Waals surface area contributed by atoms with Gasteiger partial charge in [0.2, 0.25) is 0 Å². The molecule has 4 heteroatoms. The number of ether oxygens (including phenoxy) is 1. The van der Waals surface area contributed by atoms with Crippen LogP contribution in [0.4, 0.5) is 0 Å². The first-order valence-electron chi connectivity index (χ1n) is 5.26. The first-order chi connectivity index (χ1) is 7.70. The highest BCUT2D eigenvalue weighted by Crippen LogP contribution is 2.14. The van der Waals surface area contributed by atoms with Crippen molar-refractivity contribution in [1.82, 2.24) is 9.55 Å². The molecule has 0 radical (unpaired) electrons. The molecule has 0 unspecified atom stereocenters. The topological polar surface area (TPSA) is 44.1 Å². The van der Waals surface area contributed by atoms with Gasteiger partial charge >= 0.3 is 5.97 Å². The molecule has 1 aromatic heterocycles. The molecule has 4 nitrogen and oxygen atoms in total. The summed E-state index contributed by atoms with van der Waals surface area (Å²) in [5.74, 6) is -0.196. The number of carbonyl (C=O) groups is 1. The van der Waals surface area contributed by atoms with Gasteiger partial charge in [0.25, 0.3) is 0 Å². The van der Waals surface area contributed by atoms with Gasteiger partial charge < -0.3 is 9.30 Å². The number of aromatic nitrogens is 2. The zero-order chi connectivity index (χ0) is 11.5. The van der Waals surface area contributed by atoms with Crippen molar-refractivity contribution < 1.29 is 9.53 Å². The van der Waals surface area contributed by atoms with E-state index in [4.69, 9.17) is 4.74 Å². The summed E-state index contributed by atoms with van der Waals surface area (Å²) in [4.78, 5) is 15.5. The van der Waals surface area contributed by atoms with Crippen LogP contribution in [0.15, 0.2) is 24.5 Å². The van der Waals surface area contributed by atoms with Gasteiger partial charge in [-0.3, -0.25) is 4.79 Å².